The monoisotopic (exact) mass is 288 g/mol. The van der Waals surface area contributed by atoms with Crippen LogP contribution in [0.4, 0.5) is 4.39 Å². The molecule has 0 aliphatic carbocycles. The van der Waals surface area contributed by atoms with Crippen LogP contribution in [0.25, 0.3) is 0 Å². The van der Waals surface area contributed by atoms with Crippen molar-refractivity contribution in [3.63, 3.8) is 0 Å². The maximum atomic E-state index is 14.6. The molecule has 0 saturated heterocycles. The first kappa shape index (κ1) is 13.9. The zero-order valence-electron chi connectivity index (χ0n) is 10.7. The van der Waals surface area contributed by atoms with Gasteiger partial charge >= 0.3 is 5.97 Å². The molecular formula is C13H14ClFO4. The molecule has 1 aliphatic rings. The van der Waals surface area contributed by atoms with E-state index in [1.807, 2.05) is 0 Å². The predicted octanol–water partition coefficient (Wildman–Crippen LogP) is 2.86. The van der Waals surface area contributed by atoms with Crippen LogP contribution in [0.15, 0.2) is 12.1 Å². The van der Waals surface area contributed by atoms with Gasteiger partial charge in [0.2, 0.25) is 5.67 Å². The molecule has 0 bridgehead atoms. The SMILES string of the molecule is CCOC(=O)C(C)(F)c1cc2c(cc1Cl)OCCO2. The number of carbonyl (C=O) groups is 1. The summed E-state index contributed by atoms with van der Waals surface area (Å²) in [7, 11) is 0. The van der Waals surface area contributed by atoms with Crippen molar-refractivity contribution < 1.29 is 23.4 Å². The normalized spacial score (nSPS) is 16.6. The predicted molar refractivity (Wildman–Crippen MR) is 67.5 cm³/mol. The minimum absolute atomic E-state index is 0.0110. The minimum Gasteiger partial charge on any atom is -0.486 e. The Labute approximate surface area is 115 Å². The third kappa shape index (κ3) is 2.61. The quantitative estimate of drug-likeness (QED) is 0.802. The third-order valence-electron chi connectivity index (χ3n) is 2.80. The second-order valence-corrected chi connectivity index (χ2v) is 4.61. The summed E-state index contributed by atoms with van der Waals surface area (Å²) >= 11 is 6.01. The van der Waals surface area contributed by atoms with Gasteiger partial charge in [-0.05, 0) is 19.9 Å². The molecule has 6 heteroatoms. The number of alkyl halides is 1. The maximum Gasteiger partial charge on any atom is 0.348 e. The number of halogens is 2. The number of esters is 1. The molecule has 1 aromatic rings. The zero-order chi connectivity index (χ0) is 14.0. The van der Waals surface area contributed by atoms with Gasteiger partial charge in [-0.3, -0.25) is 0 Å². The Morgan fingerprint density at radius 2 is 2.00 bits per heavy atom. The first-order chi connectivity index (χ1) is 8.96. The molecular weight excluding hydrogens is 275 g/mol. The molecule has 1 unspecified atom stereocenters. The molecule has 19 heavy (non-hydrogen) atoms. The highest BCUT2D eigenvalue weighted by atomic mass is 35.5. The van der Waals surface area contributed by atoms with Gasteiger partial charge in [-0.15, -0.1) is 0 Å². The summed E-state index contributed by atoms with van der Waals surface area (Å²) < 4.78 is 30.0. The van der Waals surface area contributed by atoms with Gasteiger partial charge in [0.1, 0.15) is 13.2 Å². The van der Waals surface area contributed by atoms with Crippen LogP contribution in [-0.2, 0) is 15.2 Å². The third-order valence-corrected chi connectivity index (χ3v) is 3.11. The Kier molecular flexibility index (Phi) is 3.85. The average molecular weight is 289 g/mol. The molecule has 1 heterocycles. The van der Waals surface area contributed by atoms with Crippen LogP contribution in [0, 0.1) is 0 Å². The number of hydrogen-bond acceptors (Lipinski definition) is 4. The molecule has 0 N–H and O–H groups in total. The molecule has 0 spiro atoms. The van der Waals surface area contributed by atoms with E-state index >= 15 is 0 Å². The van der Waals surface area contributed by atoms with E-state index in [4.69, 9.17) is 25.8 Å². The lowest BCUT2D eigenvalue weighted by atomic mass is 9.97. The molecule has 1 aliphatic heterocycles. The summed E-state index contributed by atoms with van der Waals surface area (Å²) in [6.45, 7) is 3.60. The summed E-state index contributed by atoms with van der Waals surface area (Å²) in [5, 5.41) is 0.0994. The second-order valence-electron chi connectivity index (χ2n) is 4.20. The van der Waals surface area contributed by atoms with Crippen molar-refractivity contribution in [3.05, 3.63) is 22.7 Å². The number of carbonyl (C=O) groups excluding carboxylic acids is 1. The largest absolute Gasteiger partial charge is 0.486 e. The van der Waals surface area contributed by atoms with Crippen molar-refractivity contribution in [2.24, 2.45) is 0 Å². The fraction of sp³-hybridized carbons (Fsp3) is 0.462. The van der Waals surface area contributed by atoms with Gasteiger partial charge in [0.05, 0.1) is 11.6 Å². The van der Waals surface area contributed by atoms with E-state index in [1.165, 1.54) is 12.1 Å². The van der Waals surface area contributed by atoms with E-state index in [-0.39, 0.29) is 17.2 Å². The van der Waals surface area contributed by atoms with Crippen LogP contribution in [0.1, 0.15) is 19.4 Å². The van der Waals surface area contributed by atoms with Crippen molar-refractivity contribution in [1.29, 1.82) is 0 Å². The van der Waals surface area contributed by atoms with Gasteiger partial charge in [0.15, 0.2) is 11.5 Å². The van der Waals surface area contributed by atoms with E-state index in [2.05, 4.69) is 0 Å². The Morgan fingerprint density at radius 1 is 1.42 bits per heavy atom. The van der Waals surface area contributed by atoms with Gasteiger partial charge in [-0.25, -0.2) is 9.18 Å². The lowest BCUT2D eigenvalue weighted by Crippen LogP contribution is -2.30. The molecule has 0 amide bonds. The van der Waals surface area contributed by atoms with Gasteiger partial charge in [0, 0.05) is 11.6 Å². The summed E-state index contributed by atoms with van der Waals surface area (Å²) in [5.41, 5.74) is -2.32. The fourth-order valence-corrected chi connectivity index (χ4v) is 2.13. The lowest BCUT2D eigenvalue weighted by molar-refractivity contribution is -0.156. The van der Waals surface area contributed by atoms with Crippen LogP contribution in [0.5, 0.6) is 11.5 Å². The van der Waals surface area contributed by atoms with Crippen LogP contribution in [0.3, 0.4) is 0 Å². The Balaban J connectivity index is 2.41. The van der Waals surface area contributed by atoms with Crippen LogP contribution in [-0.4, -0.2) is 25.8 Å². The average Bonchev–Trinajstić information content (AvgIpc) is 2.38. The molecule has 0 aromatic heterocycles. The first-order valence-corrected chi connectivity index (χ1v) is 6.30. The Morgan fingerprint density at radius 3 is 2.58 bits per heavy atom. The van der Waals surface area contributed by atoms with Crippen molar-refractivity contribution in [2.45, 2.75) is 19.5 Å². The van der Waals surface area contributed by atoms with Gasteiger partial charge < -0.3 is 14.2 Å². The molecule has 0 saturated carbocycles. The topological polar surface area (TPSA) is 44.8 Å². The smallest absolute Gasteiger partial charge is 0.348 e. The zero-order valence-corrected chi connectivity index (χ0v) is 11.4. The lowest BCUT2D eigenvalue weighted by Gasteiger charge is -2.24. The molecule has 0 radical (unpaired) electrons. The highest BCUT2D eigenvalue weighted by Gasteiger charge is 2.39. The van der Waals surface area contributed by atoms with Gasteiger partial charge in [0.25, 0.3) is 0 Å². The van der Waals surface area contributed by atoms with Crippen LogP contribution in [0.2, 0.25) is 5.02 Å². The highest BCUT2D eigenvalue weighted by molar-refractivity contribution is 6.32. The summed E-state index contributed by atoms with van der Waals surface area (Å²) in [6.07, 6.45) is 0. The molecule has 0 fully saturated rings. The summed E-state index contributed by atoms with van der Waals surface area (Å²) in [5.74, 6) is -0.160. The number of hydrogen-bond donors (Lipinski definition) is 0. The number of benzene rings is 1. The minimum atomic E-state index is -2.33. The van der Waals surface area contributed by atoms with E-state index in [9.17, 15) is 9.18 Å². The van der Waals surface area contributed by atoms with Gasteiger partial charge in [-0.2, -0.15) is 0 Å². The number of rotatable bonds is 3. The van der Waals surface area contributed by atoms with Crippen LogP contribution < -0.4 is 9.47 Å². The Hall–Kier alpha value is -1.49. The van der Waals surface area contributed by atoms with Crippen molar-refractivity contribution in [3.8, 4) is 11.5 Å². The van der Waals surface area contributed by atoms with E-state index in [0.29, 0.717) is 24.7 Å². The van der Waals surface area contributed by atoms with Gasteiger partial charge in [-0.1, -0.05) is 11.6 Å². The van der Waals surface area contributed by atoms with E-state index in [1.54, 1.807) is 6.92 Å². The fourth-order valence-electron chi connectivity index (χ4n) is 1.80. The molecule has 1 atom stereocenters. The first-order valence-electron chi connectivity index (χ1n) is 5.92. The van der Waals surface area contributed by atoms with Crippen molar-refractivity contribution in [2.75, 3.05) is 19.8 Å². The second kappa shape index (κ2) is 5.25. The summed E-state index contributed by atoms with van der Waals surface area (Å²) in [4.78, 5) is 11.7. The van der Waals surface area contributed by atoms with E-state index < -0.39 is 11.6 Å². The van der Waals surface area contributed by atoms with Crippen LogP contribution >= 0.6 is 11.6 Å². The van der Waals surface area contributed by atoms with E-state index in [0.717, 1.165) is 6.92 Å². The van der Waals surface area contributed by atoms with Crippen molar-refractivity contribution >= 4 is 17.6 Å². The van der Waals surface area contributed by atoms with Crippen molar-refractivity contribution in [1.82, 2.24) is 0 Å². The number of ether oxygens (including phenoxy) is 3. The molecule has 104 valence electrons. The molecule has 4 nitrogen and oxygen atoms in total. The summed E-state index contributed by atoms with van der Waals surface area (Å²) in [6, 6.07) is 2.83. The molecule has 2 rings (SSSR count). The standard InChI is InChI=1S/C13H14ClFO4/c1-3-17-12(16)13(2,15)8-6-10-11(7-9(8)14)19-5-4-18-10/h6-7H,3-5H2,1-2H3. The maximum absolute atomic E-state index is 14.6. The highest BCUT2D eigenvalue weighted by Crippen LogP contribution is 2.41. The number of fused-ring (bicyclic) bond motifs is 1. The molecule has 1 aromatic carbocycles. The Bertz CT molecular complexity index is 502.